The molecule has 0 unspecified atom stereocenters. The second-order valence-electron chi connectivity index (χ2n) is 3.90. The molecule has 0 fully saturated rings. The number of benzene rings is 1. The number of hydrogen-bond acceptors (Lipinski definition) is 3. The van der Waals surface area contributed by atoms with Gasteiger partial charge in [-0.05, 0) is 24.3 Å². The molecule has 0 aliphatic rings. The van der Waals surface area contributed by atoms with Gasteiger partial charge in [-0.1, -0.05) is 12.1 Å². The molecule has 2 amide bonds. The number of hydrogen-bond donors (Lipinski definition) is 2. The Morgan fingerprint density at radius 1 is 1.25 bits per heavy atom. The van der Waals surface area contributed by atoms with Crippen molar-refractivity contribution in [3.05, 3.63) is 54.6 Å². The predicted octanol–water partition coefficient (Wildman–Crippen LogP) is 2.42. The van der Waals surface area contributed by atoms with Crippen LogP contribution in [0, 0.1) is 5.82 Å². The molecule has 0 aliphatic carbocycles. The van der Waals surface area contributed by atoms with Gasteiger partial charge in [0.25, 0.3) is 0 Å². The first-order valence-corrected chi connectivity index (χ1v) is 6.08. The molecule has 0 aliphatic heterocycles. The van der Waals surface area contributed by atoms with Crippen molar-refractivity contribution in [2.75, 3.05) is 18.5 Å². The van der Waals surface area contributed by atoms with E-state index in [0.717, 1.165) is 0 Å². The molecule has 2 rings (SSSR count). The average Bonchev–Trinajstić information content (AvgIpc) is 2.46. The van der Waals surface area contributed by atoms with Crippen molar-refractivity contribution in [2.45, 2.75) is 0 Å². The van der Waals surface area contributed by atoms with E-state index >= 15 is 0 Å². The van der Waals surface area contributed by atoms with Crippen molar-refractivity contribution in [3.63, 3.8) is 0 Å². The van der Waals surface area contributed by atoms with Gasteiger partial charge in [-0.25, -0.2) is 9.18 Å². The van der Waals surface area contributed by atoms with E-state index in [-0.39, 0.29) is 24.9 Å². The lowest BCUT2D eigenvalue weighted by Gasteiger charge is -2.09. The summed E-state index contributed by atoms with van der Waals surface area (Å²) in [5.74, 6) is -0.255. The average molecular weight is 275 g/mol. The third-order valence-corrected chi connectivity index (χ3v) is 2.40. The van der Waals surface area contributed by atoms with E-state index in [9.17, 15) is 9.18 Å². The van der Waals surface area contributed by atoms with Crippen molar-refractivity contribution < 1.29 is 13.9 Å². The molecule has 2 N–H and O–H groups in total. The monoisotopic (exact) mass is 275 g/mol. The number of nitrogens with zero attached hydrogens (tertiary/aromatic N) is 1. The number of carbonyl (C=O) groups excluding carboxylic acids is 1. The van der Waals surface area contributed by atoms with Crippen LogP contribution in [0.1, 0.15) is 0 Å². The molecule has 1 heterocycles. The first-order valence-electron chi connectivity index (χ1n) is 6.08. The summed E-state index contributed by atoms with van der Waals surface area (Å²) < 4.78 is 18.4. The second kappa shape index (κ2) is 7.08. The van der Waals surface area contributed by atoms with Crippen LogP contribution in [-0.2, 0) is 0 Å². The standard InChI is InChI=1S/C14H14FN3O2/c15-12-5-1-2-6-13(12)20-9-8-17-14(19)18-11-4-3-7-16-10-11/h1-7,10H,8-9H2,(H2,17,18,19). The zero-order chi connectivity index (χ0) is 14.2. The van der Waals surface area contributed by atoms with Crippen molar-refractivity contribution in [2.24, 2.45) is 0 Å². The lowest BCUT2D eigenvalue weighted by Crippen LogP contribution is -2.32. The molecule has 2 aromatic rings. The Morgan fingerprint density at radius 2 is 2.10 bits per heavy atom. The predicted molar refractivity (Wildman–Crippen MR) is 73.2 cm³/mol. The zero-order valence-electron chi connectivity index (χ0n) is 10.7. The number of para-hydroxylation sites is 1. The number of rotatable bonds is 5. The van der Waals surface area contributed by atoms with Gasteiger partial charge in [-0.15, -0.1) is 0 Å². The number of ether oxygens (including phenoxy) is 1. The molecular weight excluding hydrogens is 261 g/mol. The zero-order valence-corrected chi connectivity index (χ0v) is 10.7. The van der Waals surface area contributed by atoms with Crippen LogP contribution < -0.4 is 15.4 Å². The third-order valence-electron chi connectivity index (χ3n) is 2.40. The second-order valence-corrected chi connectivity index (χ2v) is 3.90. The normalized spacial score (nSPS) is 9.85. The maximum absolute atomic E-state index is 13.2. The molecule has 6 heteroatoms. The van der Waals surface area contributed by atoms with Crippen LogP contribution in [-0.4, -0.2) is 24.2 Å². The Bertz CT molecular complexity index is 563. The van der Waals surface area contributed by atoms with Gasteiger partial charge in [0, 0.05) is 6.20 Å². The fraction of sp³-hybridized carbons (Fsp3) is 0.143. The summed E-state index contributed by atoms with van der Waals surface area (Å²) in [6.07, 6.45) is 3.15. The number of anilines is 1. The van der Waals surface area contributed by atoms with Crippen molar-refractivity contribution in [1.29, 1.82) is 0 Å². The van der Waals surface area contributed by atoms with Crippen LogP contribution in [0.3, 0.4) is 0 Å². The molecule has 0 atom stereocenters. The van der Waals surface area contributed by atoms with Gasteiger partial charge in [-0.3, -0.25) is 4.98 Å². The summed E-state index contributed by atoms with van der Waals surface area (Å²) in [5, 5.41) is 5.21. The van der Waals surface area contributed by atoms with Crippen molar-refractivity contribution in [3.8, 4) is 5.75 Å². The van der Waals surface area contributed by atoms with Gasteiger partial charge in [0.1, 0.15) is 6.61 Å². The van der Waals surface area contributed by atoms with Gasteiger partial charge in [0.15, 0.2) is 11.6 Å². The summed E-state index contributed by atoms with van der Waals surface area (Å²) in [6, 6.07) is 9.19. The van der Waals surface area contributed by atoms with Gasteiger partial charge >= 0.3 is 6.03 Å². The van der Waals surface area contributed by atoms with E-state index < -0.39 is 5.82 Å². The summed E-state index contributed by atoms with van der Waals surface area (Å²) in [7, 11) is 0. The summed E-state index contributed by atoms with van der Waals surface area (Å²) >= 11 is 0. The molecule has 1 aromatic carbocycles. The maximum Gasteiger partial charge on any atom is 0.319 e. The van der Waals surface area contributed by atoms with Crippen LogP contribution in [0.2, 0.25) is 0 Å². The summed E-state index contributed by atoms with van der Waals surface area (Å²) in [5.41, 5.74) is 0.597. The quantitative estimate of drug-likeness (QED) is 0.824. The first kappa shape index (κ1) is 13.8. The largest absolute Gasteiger partial charge is 0.489 e. The molecule has 1 aromatic heterocycles. The van der Waals surface area contributed by atoms with E-state index in [0.29, 0.717) is 5.69 Å². The van der Waals surface area contributed by atoms with Crippen LogP contribution in [0.25, 0.3) is 0 Å². The molecule has 5 nitrogen and oxygen atoms in total. The fourth-order valence-corrected chi connectivity index (χ4v) is 1.50. The summed E-state index contributed by atoms with van der Waals surface area (Å²) in [6.45, 7) is 0.446. The Balaban J connectivity index is 1.69. The number of halogens is 1. The third kappa shape index (κ3) is 4.24. The SMILES string of the molecule is O=C(NCCOc1ccccc1F)Nc1cccnc1. The highest BCUT2D eigenvalue weighted by molar-refractivity contribution is 5.88. The topological polar surface area (TPSA) is 63.2 Å². The Labute approximate surface area is 115 Å². The molecular formula is C14H14FN3O2. The van der Waals surface area contributed by atoms with Crippen LogP contribution in [0.4, 0.5) is 14.9 Å². The Morgan fingerprint density at radius 3 is 2.85 bits per heavy atom. The lowest BCUT2D eigenvalue weighted by atomic mass is 10.3. The molecule has 20 heavy (non-hydrogen) atoms. The highest BCUT2D eigenvalue weighted by atomic mass is 19.1. The number of aromatic nitrogens is 1. The molecule has 0 saturated carbocycles. The maximum atomic E-state index is 13.2. The molecule has 0 bridgehead atoms. The lowest BCUT2D eigenvalue weighted by molar-refractivity contribution is 0.246. The van der Waals surface area contributed by atoms with Gasteiger partial charge < -0.3 is 15.4 Å². The van der Waals surface area contributed by atoms with Crippen molar-refractivity contribution >= 4 is 11.7 Å². The minimum Gasteiger partial charge on any atom is -0.489 e. The highest BCUT2D eigenvalue weighted by Crippen LogP contribution is 2.14. The van der Waals surface area contributed by atoms with Gasteiger partial charge in [0.2, 0.25) is 0 Å². The van der Waals surface area contributed by atoms with E-state index in [1.807, 2.05) is 0 Å². The highest BCUT2D eigenvalue weighted by Gasteiger charge is 2.03. The van der Waals surface area contributed by atoms with Gasteiger partial charge in [0.05, 0.1) is 18.4 Å². The first-order chi connectivity index (χ1) is 9.75. The van der Waals surface area contributed by atoms with E-state index in [2.05, 4.69) is 15.6 Å². The van der Waals surface area contributed by atoms with E-state index in [1.54, 1.807) is 30.5 Å². The van der Waals surface area contributed by atoms with E-state index in [1.165, 1.54) is 18.3 Å². The van der Waals surface area contributed by atoms with Crippen LogP contribution >= 0.6 is 0 Å². The minimum atomic E-state index is -0.424. The van der Waals surface area contributed by atoms with Crippen molar-refractivity contribution in [1.82, 2.24) is 10.3 Å². The fourth-order valence-electron chi connectivity index (χ4n) is 1.50. The molecule has 104 valence electrons. The Hall–Kier alpha value is -2.63. The minimum absolute atomic E-state index is 0.168. The summed E-state index contributed by atoms with van der Waals surface area (Å²) in [4.78, 5) is 15.4. The molecule has 0 radical (unpaired) electrons. The number of pyridine rings is 1. The molecule has 0 spiro atoms. The number of carbonyl (C=O) groups is 1. The van der Waals surface area contributed by atoms with E-state index in [4.69, 9.17) is 4.74 Å². The molecule has 0 saturated heterocycles. The van der Waals surface area contributed by atoms with Crippen LogP contribution in [0.15, 0.2) is 48.8 Å². The number of nitrogens with one attached hydrogen (secondary N) is 2. The smallest absolute Gasteiger partial charge is 0.319 e. The number of urea groups is 1. The number of amides is 2. The van der Waals surface area contributed by atoms with Crippen LogP contribution in [0.5, 0.6) is 5.75 Å². The van der Waals surface area contributed by atoms with Gasteiger partial charge in [-0.2, -0.15) is 0 Å². The Kier molecular flexibility index (Phi) is 4.88.